The van der Waals surface area contributed by atoms with E-state index in [2.05, 4.69) is 10.6 Å². The molecule has 1 aliphatic rings. The predicted molar refractivity (Wildman–Crippen MR) is 92.2 cm³/mol. The topological polar surface area (TPSA) is 70.7 Å². The van der Waals surface area contributed by atoms with E-state index < -0.39 is 6.04 Å². The van der Waals surface area contributed by atoms with E-state index in [4.69, 9.17) is 4.74 Å². The van der Waals surface area contributed by atoms with Crippen molar-refractivity contribution < 1.29 is 14.3 Å². The van der Waals surface area contributed by atoms with Crippen LogP contribution < -0.4 is 20.3 Å². The normalized spacial score (nSPS) is 18.3. The summed E-state index contributed by atoms with van der Waals surface area (Å²) in [5.74, 6) is 0.300. The number of methoxy groups -OCH3 is 1. The van der Waals surface area contributed by atoms with E-state index in [-0.39, 0.29) is 30.1 Å². The van der Waals surface area contributed by atoms with Gasteiger partial charge < -0.3 is 20.3 Å². The lowest BCUT2D eigenvalue weighted by Crippen LogP contribution is -2.45. The van der Waals surface area contributed by atoms with Gasteiger partial charge >= 0.3 is 0 Å². The van der Waals surface area contributed by atoms with Crippen LogP contribution in [-0.2, 0) is 9.59 Å². The maximum atomic E-state index is 12.5. The van der Waals surface area contributed by atoms with Gasteiger partial charge in [-0.1, -0.05) is 19.1 Å². The number of nitrogens with one attached hydrogen (secondary N) is 2. The van der Waals surface area contributed by atoms with Gasteiger partial charge in [0.25, 0.3) is 0 Å². The van der Waals surface area contributed by atoms with Crippen molar-refractivity contribution in [3.63, 3.8) is 0 Å². The molecule has 1 aromatic rings. The minimum Gasteiger partial charge on any atom is -0.495 e. The van der Waals surface area contributed by atoms with Gasteiger partial charge in [-0.2, -0.15) is 0 Å². The van der Waals surface area contributed by atoms with Crippen molar-refractivity contribution >= 4 is 29.9 Å². The van der Waals surface area contributed by atoms with Crippen molar-refractivity contribution in [1.82, 2.24) is 10.6 Å². The monoisotopic (exact) mass is 341 g/mol. The van der Waals surface area contributed by atoms with E-state index in [1.165, 1.54) is 0 Å². The molecule has 2 N–H and O–H groups in total. The highest BCUT2D eigenvalue weighted by Gasteiger charge is 2.35. The van der Waals surface area contributed by atoms with Crippen LogP contribution in [0.3, 0.4) is 0 Å². The standard InChI is InChI=1S/C16H23N3O3.ClH/c1-11(10-17-2)15(20)18-12-8-9-19(16(12)21)13-6-4-5-7-14(13)22-3;/h4-7,11-12,17H,8-10H2,1-3H3,(H,18,20);1H. The zero-order valence-corrected chi connectivity index (χ0v) is 14.5. The second-order valence-corrected chi connectivity index (χ2v) is 5.47. The third-order valence-corrected chi connectivity index (χ3v) is 3.86. The Kier molecular flexibility index (Phi) is 7.32. The Balaban J connectivity index is 0.00000264. The van der Waals surface area contributed by atoms with E-state index in [0.29, 0.717) is 25.3 Å². The first-order valence-electron chi connectivity index (χ1n) is 7.47. The lowest BCUT2D eigenvalue weighted by molar-refractivity contribution is -0.128. The zero-order valence-electron chi connectivity index (χ0n) is 13.7. The number of nitrogens with zero attached hydrogens (tertiary/aromatic N) is 1. The van der Waals surface area contributed by atoms with Crippen LogP contribution in [0.15, 0.2) is 24.3 Å². The molecule has 1 fully saturated rings. The summed E-state index contributed by atoms with van der Waals surface area (Å²) in [4.78, 5) is 26.3. The van der Waals surface area contributed by atoms with E-state index >= 15 is 0 Å². The van der Waals surface area contributed by atoms with Gasteiger partial charge in [-0.3, -0.25) is 9.59 Å². The first kappa shape index (κ1) is 19.3. The van der Waals surface area contributed by atoms with Crippen molar-refractivity contribution in [2.45, 2.75) is 19.4 Å². The number of benzene rings is 1. The van der Waals surface area contributed by atoms with Gasteiger partial charge in [-0.05, 0) is 25.6 Å². The van der Waals surface area contributed by atoms with Crippen molar-refractivity contribution in [1.29, 1.82) is 0 Å². The molecular weight excluding hydrogens is 318 g/mol. The second-order valence-electron chi connectivity index (χ2n) is 5.47. The number of hydrogen-bond donors (Lipinski definition) is 2. The molecule has 0 spiro atoms. The van der Waals surface area contributed by atoms with Gasteiger partial charge in [0, 0.05) is 19.0 Å². The fourth-order valence-corrected chi connectivity index (χ4v) is 2.62. The van der Waals surface area contributed by atoms with Crippen LogP contribution in [0.4, 0.5) is 5.69 Å². The summed E-state index contributed by atoms with van der Waals surface area (Å²) >= 11 is 0. The number of amides is 2. The van der Waals surface area contributed by atoms with Crippen molar-refractivity contribution in [2.75, 3.05) is 32.1 Å². The SMILES string of the molecule is CNCC(C)C(=O)NC1CCN(c2ccccc2OC)C1=O.Cl. The highest BCUT2D eigenvalue weighted by atomic mass is 35.5. The van der Waals surface area contributed by atoms with Crippen LogP contribution >= 0.6 is 12.4 Å². The molecule has 2 rings (SSSR count). The zero-order chi connectivity index (χ0) is 16.1. The smallest absolute Gasteiger partial charge is 0.249 e. The largest absolute Gasteiger partial charge is 0.495 e. The van der Waals surface area contributed by atoms with E-state index in [1.54, 1.807) is 19.1 Å². The Morgan fingerprint density at radius 3 is 2.78 bits per heavy atom. The Hall–Kier alpha value is -1.79. The van der Waals surface area contributed by atoms with E-state index in [0.717, 1.165) is 5.69 Å². The summed E-state index contributed by atoms with van der Waals surface area (Å²) in [5, 5.41) is 5.80. The molecule has 2 amide bonds. The summed E-state index contributed by atoms with van der Waals surface area (Å²) in [5.41, 5.74) is 0.745. The number of para-hydroxylation sites is 2. The van der Waals surface area contributed by atoms with Crippen LogP contribution in [0.25, 0.3) is 0 Å². The molecule has 0 saturated carbocycles. The third kappa shape index (κ3) is 4.36. The molecular formula is C16H24ClN3O3. The maximum Gasteiger partial charge on any atom is 0.249 e. The average molecular weight is 342 g/mol. The minimum atomic E-state index is -0.461. The van der Waals surface area contributed by atoms with Gasteiger partial charge in [0.1, 0.15) is 11.8 Å². The summed E-state index contributed by atoms with van der Waals surface area (Å²) in [6.45, 7) is 3.00. The molecule has 23 heavy (non-hydrogen) atoms. The fourth-order valence-electron chi connectivity index (χ4n) is 2.62. The lowest BCUT2D eigenvalue weighted by atomic mass is 10.1. The molecule has 0 aromatic heterocycles. The number of halogens is 1. The van der Waals surface area contributed by atoms with Crippen molar-refractivity contribution in [3.8, 4) is 5.75 Å². The number of ether oxygens (including phenoxy) is 1. The summed E-state index contributed by atoms with van der Waals surface area (Å²) in [7, 11) is 3.38. The summed E-state index contributed by atoms with van der Waals surface area (Å²) in [6, 6.07) is 6.94. The molecule has 1 heterocycles. The van der Waals surface area contributed by atoms with Gasteiger partial charge in [0.05, 0.1) is 12.8 Å². The van der Waals surface area contributed by atoms with E-state index in [1.807, 2.05) is 31.2 Å². The van der Waals surface area contributed by atoms with Crippen molar-refractivity contribution in [3.05, 3.63) is 24.3 Å². The molecule has 6 nitrogen and oxygen atoms in total. The lowest BCUT2D eigenvalue weighted by Gasteiger charge is -2.20. The number of rotatable bonds is 6. The van der Waals surface area contributed by atoms with Gasteiger partial charge in [0.2, 0.25) is 11.8 Å². The second kappa shape index (κ2) is 8.74. The number of hydrogen-bond acceptors (Lipinski definition) is 4. The molecule has 0 aliphatic carbocycles. The Bertz CT molecular complexity index is 553. The predicted octanol–water partition coefficient (Wildman–Crippen LogP) is 1.19. The average Bonchev–Trinajstić information content (AvgIpc) is 2.88. The molecule has 1 aromatic carbocycles. The first-order valence-corrected chi connectivity index (χ1v) is 7.47. The minimum absolute atomic E-state index is 0. The third-order valence-electron chi connectivity index (χ3n) is 3.86. The van der Waals surface area contributed by atoms with Gasteiger partial charge in [-0.15, -0.1) is 12.4 Å². The fraction of sp³-hybridized carbons (Fsp3) is 0.500. The van der Waals surface area contributed by atoms with Gasteiger partial charge in [0.15, 0.2) is 0 Å². The van der Waals surface area contributed by atoms with Crippen molar-refractivity contribution in [2.24, 2.45) is 5.92 Å². The first-order chi connectivity index (χ1) is 10.6. The molecule has 2 unspecified atom stereocenters. The maximum absolute atomic E-state index is 12.5. The Labute approximate surface area is 143 Å². The van der Waals surface area contributed by atoms with Crippen LogP contribution in [0.1, 0.15) is 13.3 Å². The van der Waals surface area contributed by atoms with Crippen LogP contribution in [0, 0.1) is 5.92 Å². The van der Waals surface area contributed by atoms with Gasteiger partial charge in [-0.25, -0.2) is 0 Å². The number of carbonyl (C=O) groups excluding carboxylic acids is 2. The molecule has 2 atom stereocenters. The molecule has 128 valence electrons. The highest BCUT2D eigenvalue weighted by molar-refractivity contribution is 6.02. The molecule has 1 saturated heterocycles. The van der Waals surface area contributed by atoms with Crippen LogP contribution in [0.2, 0.25) is 0 Å². The number of carbonyl (C=O) groups is 2. The van der Waals surface area contributed by atoms with Crippen LogP contribution in [0.5, 0.6) is 5.75 Å². The molecule has 7 heteroatoms. The summed E-state index contributed by atoms with van der Waals surface area (Å²) < 4.78 is 5.30. The highest BCUT2D eigenvalue weighted by Crippen LogP contribution is 2.31. The Morgan fingerprint density at radius 1 is 1.43 bits per heavy atom. The number of anilines is 1. The molecule has 0 radical (unpaired) electrons. The molecule has 1 aliphatic heterocycles. The quantitative estimate of drug-likeness (QED) is 0.815. The van der Waals surface area contributed by atoms with E-state index in [9.17, 15) is 9.59 Å². The van der Waals surface area contributed by atoms with Crippen LogP contribution in [-0.4, -0.2) is 45.1 Å². The summed E-state index contributed by atoms with van der Waals surface area (Å²) in [6.07, 6.45) is 0.606. The molecule has 0 bridgehead atoms. The Morgan fingerprint density at radius 2 is 2.13 bits per heavy atom.